The number of carbonyl (C=O) groups excluding carboxylic acids is 3. The van der Waals surface area contributed by atoms with Crippen LogP contribution in [0.5, 0.6) is 11.5 Å². The number of hydrogen-bond acceptors (Lipinski definition) is 11. The van der Waals surface area contributed by atoms with Crippen molar-refractivity contribution in [3.8, 4) is 22.2 Å². The smallest absolute Gasteiger partial charge is 0.240 e. The molecular formula is C39H49N5O7S2. The number of rotatable bonds is 8. The number of nitrogens with zero attached hydrogens (tertiary/aromatic N) is 3. The number of benzene rings is 1. The van der Waals surface area contributed by atoms with Crippen LogP contribution < -0.4 is 19.9 Å². The number of sulfonamides is 1. The Morgan fingerprint density at radius 1 is 1.11 bits per heavy atom. The Bertz CT molecular complexity index is 2060. The standard InChI is InChI=1S/C39H49N5O7S2/c1-22(2)30-21-52-36(42-30)29-17-34(27-14-15-33(50-4)23(3)35(27)41-29)51-25-16-31-32(45)19-39(38(47)43-53(48,49)26-12-13-26)18-24(39)10-8-6-5-7-9-11-28(40)37(46)44(31)20-25/h8,10,14-15,17,21-22,24-26,28,31H,5-7,9,11-13,16,18-20,40H2,1-4H3,(H,43,47)/b10-8-/t24-,25-,28+,31+,39-/m1/s1. The van der Waals surface area contributed by atoms with Crippen molar-refractivity contribution >= 4 is 49.9 Å². The van der Waals surface area contributed by atoms with Crippen LogP contribution in [0.4, 0.5) is 0 Å². The number of ketones is 1. The summed E-state index contributed by atoms with van der Waals surface area (Å²) in [4.78, 5) is 53.5. The number of aryl methyl sites for hydroxylation is 1. The number of carbonyl (C=O) groups is 3. The Morgan fingerprint density at radius 2 is 1.91 bits per heavy atom. The van der Waals surface area contributed by atoms with Gasteiger partial charge in [-0.1, -0.05) is 38.8 Å². The zero-order chi connectivity index (χ0) is 37.7. The molecule has 0 bridgehead atoms. The van der Waals surface area contributed by atoms with Gasteiger partial charge in [-0.3, -0.25) is 19.1 Å². The van der Waals surface area contributed by atoms with E-state index in [9.17, 15) is 22.8 Å². The van der Waals surface area contributed by atoms with Crippen molar-refractivity contribution in [2.24, 2.45) is 17.1 Å². The lowest BCUT2D eigenvalue weighted by Gasteiger charge is -2.27. The van der Waals surface area contributed by atoms with Crippen LogP contribution in [-0.2, 0) is 24.4 Å². The number of allylic oxidation sites excluding steroid dienone is 2. The molecule has 4 heterocycles. The number of pyridine rings is 1. The monoisotopic (exact) mass is 763 g/mol. The van der Waals surface area contributed by atoms with Crippen LogP contribution in [0.1, 0.15) is 95.2 Å². The van der Waals surface area contributed by atoms with Crippen LogP contribution in [0.25, 0.3) is 21.6 Å². The lowest BCUT2D eigenvalue weighted by molar-refractivity contribution is -0.140. The highest BCUT2D eigenvalue weighted by Crippen LogP contribution is 2.57. The number of aromatic nitrogens is 2. The molecule has 2 amide bonds. The van der Waals surface area contributed by atoms with E-state index >= 15 is 0 Å². The van der Waals surface area contributed by atoms with Gasteiger partial charge in [0, 0.05) is 35.2 Å². The molecule has 4 aliphatic rings. The van der Waals surface area contributed by atoms with E-state index in [2.05, 4.69) is 18.6 Å². The number of ether oxygens (including phenoxy) is 2. The SMILES string of the molecule is COc1ccc2c(O[C@@H]3C[C@H]4C(=O)C[C@]5(C(=O)NS(=O)(=O)C6CC6)C[C@H]5/C=C\CCCCC[C@H](N)C(=O)N4C3)cc(-c3nc(C(C)C)cs3)nc2c1C. The number of amides is 2. The normalized spacial score (nSPS) is 27.5. The third-order valence-electron chi connectivity index (χ3n) is 11.3. The molecule has 2 aliphatic carbocycles. The van der Waals surface area contributed by atoms with Crippen LogP contribution in [0, 0.1) is 18.3 Å². The summed E-state index contributed by atoms with van der Waals surface area (Å²) in [5, 5.41) is 2.96. The molecule has 284 valence electrons. The molecule has 1 saturated heterocycles. The van der Waals surface area contributed by atoms with Gasteiger partial charge in [-0.05, 0) is 69.4 Å². The maximum absolute atomic E-state index is 14.4. The Labute approximate surface area is 315 Å². The molecule has 3 fully saturated rings. The van der Waals surface area contributed by atoms with Gasteiger partial charge >= 0.3 is 0 Å². The van der Waals surface area contributed by atoms with Crippen molar-refractivity contribution in [3.05, 3.63) is 47.0 Å². The van der Waals surface area contributed by atoms with Crippen LogP contribution in [0.2, 0.25) is 0 Å². The lowest BCUT2D eigenvalue weighted by atomic mass is 9.91. The average molecular weight is 764 g/mol. The Balaban J connectivity index is 1.21. The maximum Gasteiger partial charge on any atom is 0.240 e. The molecule has 14 heteroatoms. The summed E-state index contributed by atoms with van der Waals surface area (Å²) in [6, 6.07) is 3.95. The number of thiazole rings is 1. The molecule has 2 aromatic heterocycles. The van der Waals surface area contributed by atoms with E-state index < -0.39 is 44.8 Å². The van der Waals surface area contributed by atoms with Crippen molar-refractivity contribution in [1.82, 2.24) is 19.6 Å². The molecule has 3 N–H and O–H groups in total. The number of methoxy groups -OCH3 is 1. The van der Waals surface area contributed by atoms with Gasteiger partial charge in [0.15, 0.2) is 5.78 Å². The highest BCUT2D eigenvalue weighted by atomic mass is 32.2. The first-order valence-corrected chi connectivity index (χ1v) is 21.2. The molecule has 2 saturated carbocycles. The first-order valence-electron chi connectivity index (χ1n) is 18.7. The Hall–Kier alpha value is -3.88. The van der Waals surface area contributed by atoms with Gasteiger partial charge in [-0.25, -0.2) is 18.4 Å². The summed E-state index contributed by atoms with van der Waals surface area (Å²) in [6.07, 6.45) is 8.65. The molecule has 5 atom stereocenters. The second-order valence-electron chi connectivity index (χ2n) is 15.5. The summed E-state index contributed by atoms with van der Waals surface area (Å²) in [5.41, 5.74) is 8.44. The largest absolute Gasteiger partial charge is 0.496 e. The number of nitrogens with two attached hydrogens (primary N) is 1. The molecule has 2 aliphatic heterocycles. The first kappa shape index (κ1) is 37.4. The molecule has 0 radical (unpaired) electrons. The fraction of sp³-hybridized carbons (Fsp3) is 0.564. The zero-order valence-corrected chi connectivity index (χ0v) is 32.4. The summed E-state index contributed by atoms with van der Waals surface area (Å²) in [7, 11) is -2.20. The Morgan fingerprint density at radius 3 is 2.62 bits per heavy atom. The van der Waals surface area contributed by atoms with Crippen LogP contribution in [0.3, 0.4) is 0 Å². The van der Waals surface area contributed by atoms with E-state index in [0.29, 0.717) is 48.4 Å². The van der Waals surface area contributed by atoms with Crippen molar-refractivity contribution in [2.75, 3.05) is 13.7 Å². The van der Waals surface area contributed by atoms with Gasteiger partial charge in [-0.2, -0.15) is 0 Å². The van der Waals surface area contributed by atoms with E-state index in [4.69, 9.17) is 25.2 Å². The minimum absolute atomic E-state index is 0.130. The topological polar surface area (TPSA) is 171 Å². The van der Waals surface area contributed by atoms with Gasteiger partial charge in [0.2, 0.25) is 21.8 Å². The lowest BCUT2D eigenvalue weighted by Crippen LogP contribution is -2.49. The summed E-state index contributed by atoms with van der Waals surface area (Å²) >= 11 is 1.51. The van der Waals surface area contributed by atoms with Crippen molar-refractivity contribution in [2.45, 2.75) is 114 Å². The summed E-state index contributed by atoms with van der Waals surface area (Å²) < 4.78 is 40.3. The van der Waals surface area contributed by atoms with Crippen LogP contribution in [-0.4, -0.2) is 78.0 Å². The number of nitrogens with one attached hydrogen (secondary N) is 1. The van der Waals surface area contributed by atoms with Crippen LogP contribution in [0.15, 0.2) is 35.7 Å². The third-order valence-corrected chi connectivity index (χ3v) is 14.0. The van der Waals surface area contributed by atoms with Gasteiger partial charge in [0.25, 0.3) is 0 Å². The van der Waals surface area contributed by atoms with Gasteiger partial charge in [0.1, 0.15) is 28.3 Å². The third kappa shape index (κ3) is 7.59. The van der Waals surface area contributed by atoms with Crippen molar-refractivity contribution < 1.29 is 32.3 Å². The number of Topliss-reactive ketones (excluding diaryl/α,β-unsaturated/α-hetero) is 1. The summed E-state index contributed by atoms with van der Waals surface area (Å²) in [5.74, 6) is -0.0546. The highest BCUT2D eigenvalue weighted by Gasteiger charge is 2.61. The molecule has 0 unspecified atom stereocenters. The van der Waals surface area contributed by atoms with E-state index in [1.165, 1.54) is 16.2 Å². The fourth-order valence-corrected chi connectivity index (χ4v) is 10.1. The zero-order valence-electron chi connectivity index (χ0n) is 30.8. The van der Waals surface area contributed by atoms with Crippen molar-refractivity contribution in [3.63, 3.8) is 0 Å². The van der Waals surface area contributed by atoms with Gasteiger partial charge in [-0.15, -0.1) is 11.3 Å². The molecule has 1 aromatic carbocycles. The molecule has 3 aromatic rings. The van der Waals surface area contributed by atoms with E-state index in [1.54, 1.807) is 7.11 Å². The maximum atomic E-state index is 14.4. The van der Waals surface area contributed by atoms with E-state index in [1.807, 2.05) is 42.7 Å². The van der Waals surface area contributed by atoms with Gasteiger partial charge < -0.3 is 20.1 Å². The van der Waals surface area contributed by atoms with E-state index in [0.717, 1.165) is 47.3 Å². The average Bonchev–Trinajstić information content (AvgIpc) is 4.00. The predicted octanol–water partition coefficient (Wildman–Crippen LogP) is 5.57. The van der Waals surface area contributed by atoms with Crippen LogP contribution >= 0.6 is 11.3 Å². The minimum Gasteiger partial charge on any atom is -0.496 e. The quantitative estimate of drug-likeness (QED) is 0.277. The second-order valence-corrected chi connectivity index (χ2v) is 18.3. The molecular weight excluding hydrogens is 715 g/mol. The summed E-state index contributed by atoms with van der Waals surface area (Å²) in [6.45, 7) is 6.25. The van der Waals surface area contributed by atoms with Crippen molar-refractivity contribution in [1.29, 1.82) is 0 Å². The first-order chi connectivity index (χ1) is 25.3. The fourth-order valence-electron chi connectivity index (χ4n) is 7.74. The Kier molecular flexibility index (Phi) is 10.4. The predicted molar refractivity (Wildman–Crippen MR) is 203 cm³/mol. The molecule has 7 rings (SSSR count). The molecule has 12 nitrogen and oxygen atoms in total. The molecule has 53 heavy (non-hydrogen) atoms. The second kappa shape index (κ2) is 14.7. The highest BCUT2D eigenvalue weighted by molar-refractivity contribution is 7.90. The van der Waals surface area contributed by atoms with E-state index in [-0.39, 0.29) is 42.9 Å². The number of hydrogen-bond donors (Lipinski definition) is 2. The van der Waals surface area contributed by atoms with Gasteiger partial charge in [0.05, 0.1) is 47.6 Å². The number of fused-ring (bicyclic) bond motifs is 3. The minimum atomic E-state index is -3.81. The molecule has 0 spiro atoms.